The van der Waals surface area contributed by atoms with Gasteiger partial charge in [-0.05, 0) is 12.0 Å². The van der Waals surface area contributed by atoms with Crippen molar-refractivity contribution < 1.29 is 9.59 Å². The molecule has 8 heteroatoms. The second-order valence-electron chi connectivity index (χ2n) is 7.31. The van der Waals surface area contributed by atoms with Crippen molar-refractivity contribution in [3.05, 3.63) is 54.0 Å². The Labute approximate surface area is 168 Å². The van der Waals surface area contributed by atoms with Crippen molar-refractivity contribution in [3.63, 3.8) is 0 Å². The van der Waals surface area contributed by atoms with Crippen LogP contribution in [0.15, 0.2) is 42.7 Å². The van der Waals surface area contributed by atoms with Gasteiger partial charge in [0.15, 0.2) is 5.65 Å². The van der Waals surface area contributed by atoms with Crippen LogP contribution < -0.4 is 5.32 Å². The summed E-state index contributed by atoms with van der Waals surface area (Å²) in [5, 5.41) is 7.53. The van der Waals surface area contributed by atoms with E-state index in [9.17, 15) is 9.59 Å². The number of fused-ring (bicyclic) bond motifs is 1. The summed E-state index contributed by atoms with van der Waals surface area (Å²) in [7, 11) is 0. The molecule has 4 rings (SSSR count). The van der Waals surface area contributed by atoms with Crippen LogP contribution in [0.5, 0.6) is 0 Å². The molecule has 1 aliphatic rings. The van der Waals surface area contributed by atoms with E-state index in [1.54, 1.807) is 17.1 Å². The minimum absolute atomic E-state index is 0.0730. The molecular formula is C21H24N6O2. The number of nitrogens with zero attached hydrogens (tertiary/aromatic N) is 5. The van der Waals surface area contributed by atoms with Crippen molar-refractivity contribution >= 4 is 23.0 Å². The third-order valence-electron chi connectivity index (χ3n) is 5.22. The number of amides is 2. The lowest BCUT2D eigenvalue weighted by atomic mass is 10.0. The van der Waals surface area contributed by atoms with Gasteiger partial charge in [-0.25, -0.2) is 14.6 Å². The van der Waals surface area contributed by atoms with E-state index < -0.39 is 0 Å². The standard InChI is InChI=1S/C21H24N6O2/c1-15(28)22-10-12-27-21-20(23-8-9-24-21)19(25-27)17-7-11-26(14-17)18(29)13-16-5-3-2-4-6-16/h2-6,8-9,17H,7,10-14H2,1H3,(H,22,28). The zero-order valence-electron chi connectivity index (χ0n) is 16.4. The van der Waals surface area contributed by atoms with Crippen molar-refractivity contribution in [1.82, 2.24) is 30.0 Å². The van der Waals surface area contributed by atoms with Crippen LogP contribution in [-0.4, -0.2) is 56.1 Å². The molecule has 1 unspecified atom stereocenters. The van der Waals surface area contributed by atoms with Crippen LogP contribution in [0.3, 0.4) is 0 Å². The number of benzene rings is 1. The number of carbonyl (C=O) groups excluding carboxylic acids is 2. The Morgan fingerprint density at radius 3 is 2.76 bits per heavy atom. The maximum Gasteiger partial charge on any atom is 0.227 e. The van der Waals surface area contributed by atoms with Gasteiger partial charge in [0.05, 0.1) is 18.7 Å². The van der Waals surface area contributed by atoms with Gasteiger partial charge in [0.1, 0.15) is 5.52 Å². The van der Waals surface area contributed by atoms with Gasteiger partial charge in [0, 0.05) is 44.9 Å². The minimum Gasteiger partial charge on any atom is -0.354 e. The first-order valence-electron chi connectivity index (χ1n) is 9.85. The molecule has 1 saturated heterocycles. The van der Waals surface area contributed by atoms with Gasteiger partial charge in [-0.1, -0.05) is 30.3 Å². The first-order valence-corrected chi connectivity index (χ1v) is 9.85. The highest BCUT2D eigenvalue weighted by atomic mass is 16.2. The predicted molar refractivity (Wildman–Crippen MR) is 108 cm³/mol. The molecule has 1 atom stereocenters. The van der Waals surface area contributed by atoms with Crippen molar-refractivity contribution in [1.29, 1.82) is 0 Å². The van der Waals surface area contributed by atoms with E-state index >= 15 is 0 Å². The topological polar surface area (TPSA) is 93.0 Å². The van der Waals surface area contributed by atoms with E-state index in [2.05, 4.69) is 15.3 Å². The fourth-order valence-electron chi connectivity index (χ4n) is 3.79. The molecule has 1 aliphatic heterocycles. The molecule has 3 heterocycles. The number of hydrogen-bond donors (Lipinski definition) is 1. The molecule has 0 radical (unpaired) electrons. The summed E-state index contributed by atoms with van der Waals surface area (Å²) in [6.07, 6.45) is 4.58. The zero-order chi connectivity index (χ0) is 20.2. The lowest BCUT2D eigenvalue weighted by Crippen LogP contribution is -2.30. The Morgan fingerprint density at radius 1 is 1.17 bits per heavy atom. The van der Waals surface area contributed by atoms with Crippen LogP contribution in [0.4, 0.5) is 0 Å². The van der Waals surface area contributed by atoms with Crippen LogP contribution in [0, 0.1) is 0 Å². The second kappa shape index (κ2) is 8.38. The predicted octanol–water partition coefficient (Wildman–Crippen LogP) is 1.52. The molecule has 2 aromatic heterocycles. The highest BCUT2D eigenvalue weighted by Gasteiger charge is 2.31. The summed E-state index contributed by atoms with van der Waals surface area (Å²) in [4.78, 5) is 34.7. The van der Waals surface area contributed by atoms with Gasteiger partial charge in [-0.15, -0.1) is 0 Å². The SMILES string of the molecule is CC(=O)NCCn1nc(C2CCN(C(=O)Cc3ccccc3)C2)c2nccnc21. The minimum atomic E-state index is -0.0730. The number of carbonyl (C=O) groups is 2. The smallest absolute Gasteiger partial charge is 0.227 e. The van der Waals surface area contributed by atoms with E-state index in [1.165, 1.54) is 6.92 Å². The van der Waals surface area contributed by atoms with Crippen molar-refractivity contribution in [2.45, 2.75) is 32.2 Å². The highest BCUT2D eigenvalue weighted by molar-refractivity contribution is 5.79. The van der Waals surface area contributed by atoms with E-state index in [0.29, 0.717) is 31.7 Å². The largest absolute Gasteiger partial charge is 0.354 e. The lowest BCUT2D eigenvalue weighted by Gasteiger charge is -2.16. The number of likely N-dealkylation sites (tertiary alicyclic amines) is 1. The number of nitrogens with one attached hydrogen (secondary N) is 1. The first-order chi connectivity index (χ1) is 14.1. The fourth-order valence-corrected chi connectivity index (χ4v) is 3.79. The molecule has 3 aromatic rings. The van der Waals surface area contributed by atoms with E-state index in [0.717, 1.165) is 29.7 Å². The van der Waals surface area contributed by atoms with Crippen LogP contribution in [-0.2, 0) is 22.6 Å². The maximum absolute atomic E-state index is 12.7. The lowest BCUT2D eigenvalue weighted by molar-refractivity contribution is -0.129. The molecule has 2 amide bonds. The van der Waals surface area contributed by atoms with Crippen LogP contribution >= 0.6 is 0 Å². The Morgan fingerprint density at radius 2 is 1.97 bits per heavy atom. The van der Waals surface area contributed by atoms with Crippen molar-refractivity contribution in [3.8, 4) is 0 Å². The molecule has 0 bridgehead atoms. The Hall–Kier alpha value is -3.29. The Kier molecular flexibility index (Phi) is 5.50. The summed E-state index contributed by atoms with van der Waals surface area (Å²) in [6.45, 7) is 3.86. The van der Waals surface area contributed by atoms with Gasteiger partial charge < -0.3 is 10.2 Å². The number of aromatic nitrogens is 4. The number of hydrogen-bond acceptors (Lipinski definition) is 5. The first kappa shape index (κ1) is 19.0. The van der Waals surface area contributed by atoms with Gasteiger partial charge >= 0.3 is 0 Å². The molecule has 1 aromatic carbocycles. The average molecular weight is 392 g/mol. The summed E-state index contributed by atoms with van der Waals surface area (Å²) in [5.74, 6) is 0.200. The third kappa shape index (κ3) is 4.26. The van der Waals surface area contributed by atoms with Crippen molar-refractivity contribution in [2.75, 3.05) is 19.6 Å². The van der Waals surface area contributed by atoms with E-state index in [-0.39, 0.29) is 17.7 Å². The van der Waals surface area contributed by atoms with Crippen LogP contribution in [0.2, 0.25) is 0 Å². The van der Waals surface area contributed by atoms with Crippen LogP contribution in [0.25, 0.3) is 11.2 Å². The monoisotopic (exact) mass is 392 g/mol. The second-order valence-corrected chi connectivity index (χ2v) is 7.31. The Bertz CT molecular complexity index is 1020. The zero-order valence-corrected chi connectivity index (χ0v) is 16.4. The number of rotatable bonds is 6. The summed E-state index contributed by atoms with van der Waals surface area (Å²) < 4.78 is 1.79. The molecule has 0 aliphatic carbocycles. The maximum atomic E-state index is 12.7. The van der Waals surface area contributed by atoms with Crippen LogP contribution in [0.1, 0.15) is 30.5 Å². The molecule has 1 N–H and O–H groups in total. The summed E-state index contributed by atoms with van der Waals surface area (Å²) in [5.41, 5.74) is 3.39. The van der Waals surface area contributed by atoms with Gasteiger partial charge in [-0.2, -0.15) is 5.10 Å². The molecule has 8 nitrogen and oxygen atoms in total. The van der Waals surface area contributed by atoms with Crippen molar-refractivity contribution in [2.24, 2.45) is 0 Å². The quantitative estimate of drug-likeness (QED) is 0.687. The van der Waals surface area contributed by atoms with Gasteiger partial charge in [0.25, 0.3) is 0 Å². The molecule has 150 valence electrons. The third-order valence-corrected chi connectivity index (χ3v) is 5.22. The summed E-state index contributed by atoms with van der Waals surface area (Å²) in [6, 6.07) is 9.81. The molecular weight excluding hydrogens is 368 g/mol. The van der Waals surface area contributed by atoms with E-state index in [4.69, 9.17) is 5.10 Å². The van der Waals surface area contributed by atoms with Gasteiger partial charge in [-0.3, -0.25) is 9.59 Å². The van der Waals surface area contributed by atoms with E-state index in [1.807, 2.05) is 35.2 Å². The Balaban J connectivity index is 1.48. The average Bonchev–Trinajstić information content (AvgIpc) is 3.34. The fraction of sp³-hybridized carbons (Fsp3) is 0.381. The molecule has 1 fully saturated rings. The highest BCUT2D eigenvalue weighted by Crippen LogP contribution is 2.30. The molecule has 0 spiro atoms. The normalized spacial score (nSPS) is 16.3. The summed E-state index contributed by atoms with van der Waals surface area (Å²) >= 11 is 0. The van der Waals surface area contributed by atoms with Gasteiger partial charge in [0.2, 0.25) is 11.8 Å². The molecule has 29 heavy (non-hydrogen) atoms. The molecule has 0 saturated carbocycles.